The maximum atomic E-state index is 12.7. The Morgan fingerprint density at radius 3 is 2.42 bits per heavy atom. The SMILES string of the molecule is CN1C(=O)C(OC(=O)c2ccccc2Br)(C(N)=O)c2ccccc21. The Hall–Kier alpha value is -2.67. The van der Waals surface area contributed by atoms with Crippen molar-refractivity contribution in [2.75, 3.05) is 11.9 Å². The van der Waals surface area contributed by atoms with Crippen molar-refractivity contribution >= 4 is 39.4 Å². The fraction of sp³-hybridized carbons (Fsp3) is 0.118. The van der Waals surface area contributed by atoms with Crippen LogP contribution in [0, 0.1) is 0 Å². The normalized spacial score (nSPS) is 19.1. The number of primary amides is 1. The Labute approximate surface area is 146 Å². The van der Waals surface area contributed by atoms with Gasteiger partial charge in [-0.05, 0) is 34.1 Å². The summed E-state index contributed by atoms with van der Waals surface area (Å²) in [6.45, 7) is 0. The minimum atomic E-state index is -2.17. The van der Waals surface area contributed by atoms with Crippen molar-refractivity contribution in [3.63, 3.8) is 0 Å². The highest BCUT2D eigenvalue weighted by molar-refractivity contribution is 9.10. The summed E-state index contributed by atoms with van der Waals surface area (Å²) in [7, 11) is 1.50. The first-order valence-electron chi connectivity index (χ1n) is 7.05. The lowest BCUT2D eigenvalue weighted by Crippen LogP contribution is -2.52. The topological polar surface area (TPSA) is 89.7 Å². The first-order chi connectivity index (χ1) is 11.4. The summed E-state index contributed by atoms with van der Waals surface area (Å²) in [6.07, 6.45) is 0. The number of likely N-dealkylation sites (N-methyl/N-ethyl adjacent to an activating group) is 1. The standard InChI is InChI=1S/C17H13BrN2O4/c1-20-13-9-5-3-7-11(13)17(15(19)22,16(20)23)24-14(21)10-6-2-4-8-12(10)18/h2-9H,1H3,(H2,19,22). The minimum absolute atomic E-state index is 0.193. The Morgan fingerprint density at radius 1 is 1.12 bits per heavy atom. The highest BCUT2D eigenvalue weighted by Crippen LogP contribution is 2.42. The lowest BCUT2D eigenvalue weighted by atomic mass is 9.94. The molecule has 1 aliphatic heterocycles. The second-order valence-electron chi connectivity index (χ2n) is 5.30. The summed E-state index contributed by atoms with van der Waals surface area (Å²) in [6, 6.07) is 13.1. The fourth-order valence-electron chi connectivity index (χ4n) is 2.73. The van der Waals surface area contributed by atoms with Crippen molar-refractivity contribution in [1.82, 2.24) is 0 Å². The molecule has 2 amide bonds. The van der Waals surface area contributed by atoms with Gasteiger partial charge in [-0.15, -0.1) is 0 Å². The first kappa shape index (κ1) is 16.2. The van der Waals surface area contributed by atoms with Gasteiger partial charge < -0.3 is 15.4 Å². The maximum absolute atomic E-state index is 12.7. The molecule has 0 radical (unpaired) electrons. The van der Waals surface area contributed by atoms with Gasteiger partial charge in [-0.3, -0.25) is 9.59 Å². The molecular formula is C17H13BrN2O4. The number of carbonyl (C=O) groups is 3. The van der Waals surface area contributed by atoms with Crippen LogP contribution in [-0.2, 0) is 19.9 Å². The number of esters is 1. The molecule has 6 nitrogen and oxygen atoms in total. The third-order valence-corrected chi connectivity index (χ3v) is 4.63. The molecule has 1 aliphatic rings. The number of para-hydroxylation sites is 1. The Balaban J connectivity index is 2.12. The Bertz CT molecular complexity index is 867. The Kier molecular flexibility index (Phi) is 3.88. The fourth-order valence-corrected chi connectivity index (χ4v) is 3.18. The predicted octanol–water partition coefficient (Wildman–Crippen LogP) is 1.96. The summed E-state index contributed by atoms with van der Waals surface area (Å²) >= 11 is 3.25. The predicted molar refractivity (Wildman–Crippen MR) is 90.3 cm³/mol. The van der Waals surface area contributed by atoms with Gasteiger partial charge in [-0.25, -0.2) is 4.79 Å². The number of anilines is 1. The molecule has 0 spiro atoms. The molecule has 0 saturated carbocycles. The molecule has 0 saturated heterocycles. The number of rotatable bonds is 3. The van der Waals surface area contributed by atoms with Crippen LogP contribution in [0.2, 0.25) is 0 Å². The van der Waals surface area contributed by atoms with Crippen LogP contribution in [-0.4, -0.2) is 24.8 Å². The number of benzene rings is 2. The summed E-state index contributed by atoms with van der Waals surface area (Å²) < 4.78 is 5.89. The van der Waals surface area contributed by atoms with E-state index in [1.807, 2.05) is 0 Å². The van der Waals surface area contributed by atoms with E-state index in [1.54, 1.807) is 42.5 Å². The smallest absolute Gasteiger partial charge is 0.341 e. The number of carbonyl (C=O) groups excluding carboxylic acids is 3. The van der Waals surface area contributed by atoms with E-state index < -0.39 is 23.4 Å². The molecule has 2 N–H and O–H groups in total. The van der Waals surface area contributed by atoms with Gasteiger partial charge in [0.05, 0.1) is 11.3 Å². The molecule has 0 bridgehead atoms. The van der Waals surface area contributed by atoms with Gasteiger partial charge in [-0.2, -0.15) is 0 Å². The van der Waals surface area contributed by atoms with Gasteiger partial charge in [0.2, 0.25) is 0 Å². The summed E-state index contributed by atoms with van der Waals surface area (Å²) in [4.78, 5) is 38.7. The van der Waals surface area contributed by atoms with E-state index in [-0.39, 0.29) is 11.1 Å². The second kappa shape index (κ2) is 5.76. The number of nitrogens with two attached hydrogens (primary N) is 1. The molecule has 122 valence electrons. The van der Waals surface area contributed by atoms with Gasteiger partial charge in [-0.1, -0.05) is 30.3 Å². The summed E-state index contributed by atoms with van der Waals surface area (Å²) in [5, 5.41) is 0. The van der Waals surface area contributed by atoms with E-state index in [1.165, 1.54) is 18.0 Å². The van der Waals surface area contributed by atoms with E-state index in [0.29, 0.717) is 10.2 Å². The number of hydrogen-bond acceptors (Lipinski definition) is 4. The van der Waals surface area contributed by atoms with Gasteiger partial charge in [0.1, 0.15) is 0 Å². The van der Waals surface area contributed by atoms with E-state index >= 15 is 0 Å². The van der Waals surface area contributed by atoms with Crippen LogP contribution in [0.15, 0.2) is 53.0 Å². The molecule has 0 aromatic heterocycles. The average molecular weight is 389 g/mol. The molecule has 2 aromatic rings. The van der Waals surface area contributed by atoms with Crippen LogP contribution >= 0.6 is 15.9 Å². The second-order valence-corrected chi connectivity index (χ2v) is 6.15. The first-order valence-corrected chi connectivity index (χ1v) is 7.84. The number of ether oxygens (including phenoxy) is 1. The van der Waals surface area contributed by atoms with Crippen LogP contribution in [0.25, 0.3) is 0 Å². The van der Waals surface area contributed by atoms with E-state index in [0.717, 1.165) is 0 Å². The number of nitrogens with zero attached hydrogens (tertiary/aromatic N) is 1. The van der Waals surface area contributed by atoms with Crippen molar-refractivity contribution in [2.45, 2.75) is 5.60 Å². The monoisotopic (exact) mass is 388 g/mol. The zero-order valence-corrected chi connectivity index (χ0v) is 14.2. The molecule has 0 aliphatic carbocycles. The van der Waals surface area contributed by atoms with Gasteiger partial charge in [0.15, 0.2) is 0 Å². The number of fused-ring (bicyclic) bond motifs is 1. The zero-order chi connectivity index (χ0) is 17.5. The molecule has 2 aromatic carbocycles. The average Bonchev–Trinajstić information content (AvgIpc) is 2.78. The van der Waals surface area contributed by atoms with Crippen LogP contribution in [0.5, 0.6) is 0 Å². The van der Waals surface area contributed by atoms with Crippen molar-refractivity contribution in [3.8, 4) is 0 Å². The van der Waals surface area contributed by atoms with Crippen LogP contribution in [0.3, 0.4) is 0 Å². The van der Waals surface area contributed by atoms with E-state index in [9.17, 15) is 14.4 Å². The van der Waals surface area contributed by atoms with Gasteiger partial charge >= 0.3 is 5.97 Å². The lowest BCUT2D eigenvalue weighted by molar-refractivity contribution is -0.150. The quantitative estimate of drug-likeness (QED) is 0.642. The molecular weight excluding hydrogens is 376 g/mol. The highest BCUT2D eigenvalue weighted by atomic mass is 79.9. The van der Waals surface area contributed by atoms with Crippen molar-refractivity contribution in [3.05, 3.63) is 64.1 Å². The zero-order valence-electron chi connectivity index (χ0n) is 12.7. The molecule has 1 atom stereocenters. The summed E-state index contributed by atoms with van der Waals surface area (Å²) in [5.74, 6) is -2.55. The van der Waals surface area contributed by atoms with Crippen molar-refractivity contribution in [2.24, 2.45) is 5.73 Å². The maximum Gasteiger partial charge on any atom is 0.341 e. The minimum Gasteiger partial charge on any atom is -0.430 e. The molecule has 1 unspecified atom stereocenters. The molecule has 1 heterocycles. The third-order valence-electron chi connectivity index (χ3n) is 3.94. The van der Waals surface area contributed by atoms with Crippen LogP contribution < -0.4 is 10.6 Å². The van der Waals surface area contributed by atoms with E-state index in [2.05, 4.69) is 15.9 Å². The van der Waals surface area contributed by atoms with E-state index in [4.69, 9.17) is 10.5 Å². The van der Waals surface area contributed by atoms with Gasteiger partial charge in [0.25, 0.3) is 17.4 Å². The third kappa shape index (κ3) is 2.20. The number of halogens is 1. The van der Waals surface area contributed by atoms with Crippen molar-refractivity contribution in [1.29, 1.82) is 0 Å². The molecule has 0 fully saturated rings. The van der Waals surface area contributed by atoms with Crippen LogP contribution in [0.1, 0.15) is 15.9 Å². The van der Waals surface area contributed by atoms with Crippen molar-refractivity contribution < 1.29 is 19.1 Å². The summed E-state index contributed by atoms with van der Waals surface area (Å²) in [5.41, 5.74) is 4.24. The number of hydrogen-bond donors (Lipinski definition) is 1. The highest BCUT2D eigenvalue weighted by Gasteiger charge is 2.58. The molecule has 7 heteroatoms. The van der Waals surface area contributed by atoms with Gasteiger partial charge in [0, 0.05) is 17.1 Å². The molecule has 3 rings (SSSR count). The largest absolute Gasteiger partial charge is 0.430 e. The number of amides is 2. The van der Waals surface area contributed by atoms with Crippen LogP contribution in [0.4, 0.5) is 5.69 Å². The molecule has 24 heavy (non-hydrogen) atoms. The Morgan fingerprint density at radius 2 is 1.75 bits per heavy atom. The lowest BCUT2D eigenvalue weighted by Gasteiger charge is -2.25.